The first-order chi connectivity index (χ1) is 16.2. The van der Waals surface area contributed by atoms with E-state index in [1.54, 1.807) is 12.1 Å². The number of nitro benzene ring substituents is 1. The van der Waals surface area contributed by atoms with E-state index in [1.165, 1.54) is 30.3 Å². The first-order valence-electron chi connectivity index (χ1n) is 11.2. The highest BCUT2D eigenvalue weighted by Crippen LogP contribution is 2.59. The average molecular weight is 531 g/mol. The van der Waals surface area contributed by atoms with Crippen molar-refractivity contribution < 1.29 is 29.5 Å². The monoisotopic (exact) mass is 530 g/mol. The molecule has 1 saturated carbocycles. The van der Waals surface area contributed by atoms with Gasteiger partial charge in [-0.1, -0.05) is 28.9 Å². The molecule has 178 valence electrons. The number of ether oxygens (including phenoxy) is 1. The highest BCUT2D eigenvalue weighted by atomic mass is 79.9. The number of benzene rings is 2. The zero-order valence-corrected chi connectivity index (χ0v) is 19.8. The molecule has 0 aromatic heterocycles. The number of phenolic OH excluding ortho intramolecular Hbond substituents is 1. The summed E-state index contributed by atoms with van der Waals surface area (Å²) in [5.74, 6) is -5.05. The van der Waals surface area contributed by atoms with Gasteiger partial charge in [-0.25, -0.2) is 4.90 Å². The number of rotatable bonds is 4. The molecule has 2 saturated heterocycles. The highest BCUT2D eigenvalue weighted by Gasteiger charge is 2.66. The summed E-state index contributed by atoms with van der Waals surface area (Å²) in [7, 11) is 0. The predicted molar refractivity (Wildman–Crippen MR) is 124 cm³/mol. The van der Waals surface area contributed by atoms with Gasteiger partial charge in [0, 0.05) is 34.0 Å². The Balaban J connectivity index is 1.54. The number of non-ortho nitro benzene ring substituents is 1. The van der Waals surface area contributed by atoms with E-state index < -0.39 is 46.4 Å². The Morgan fingerprint density at radius 1 is 1.21 bits per heavy atom. The van der Waals surface area contributed by atoms with Crippen LogP contribution in [0.4, 0.5) is 11.4 Å². The lowest BCUT2D eigenvalue weighted by Gasteiger charge is -2.44. The number of nitro groups is 1. The van der Waals surface area contributed by atoms with Crippen molar-refractivity contribution in [2.24, 2.45) is 23.7 Å². The number of phenols is 1. The zero-order chi connectivity index (χ0) is 24.4. The fourth-order valence-electron chi connectivity index (χ4n) is 5.92. The van der Waals surface area contributed by atoms with Gasteiger partial charge in [-0.05, 0) is 43.5 Å². The standard InChI is InChI=1S/C24H23BrN2O7/c1-2-12-8-17-21(23(30)26(22(17)29)14-4-3-5-15(10-14)27(32)33)18-11-20(34-24(12,18)31)16-9-13(25)6-7-19(16)28/h3-7,9-10,12,17-18,20-21,28,31H,2,8,11H2,1H3/t12-,17-,18-,20-,21-,24+/m0/s1. The van der Waals surface area contributed by atoms with E-state index in [9.17, 15) is 29.9 Å². The second-order valence-corrected chi connectivity index (χ2v) is 10.1. The van der Waals surface area contributed by atoms with Crippen LogP contribution in [0.1, 0.15) is 37.9 Å². The third-order valence-corrected chi connectivity index (χ3v) is 7.99. The summed E-state index contributed by atoms with van der Waals surface area (Å²) in [6.07, 6.45) is 0.391. The summed E-state index contributed by atoms with van der Waals surface area (Å²) in [6, 6.07) is 10.4. The first-order valence-corrected chi connectivity index (χ1v) is 12.0. The Kier molecular flexibility index (Phi) is 5.50. The van der Waals surface area contributed by atoms with Gasteiger partial charge < -0.3 is 14.9 Å². The lowest BCUT2D eigenvalue weighted by Crippen LogP contribution is -2.53. The minimum absolute atomic E-state index is 0.0205. The average Bonchev–Trinajstić information content (AvgIpc) is 3.28. The van der Waals surface area contributed by atoms with Gasteiger partial charge in [0.15, 0.2) is 5.79 Å². The van der Waals surface area contributed by atoms with Gasteiger partial charge in [-0.2, -0.15) is 0 Å². The summed E-state index contributed by atoms with van der Waals surface area (Å²) in [4.78, 5) is 38.7. The number of halogens is 1. The van der Waals surface area contributed by atoms with Crippen LogP contribution in [0.5, 0.6) is 5.75 Å². The lowest BCUT2D eigenvalue weighted by molar-refractivity contribution is -0.384. The third-order valence-electron chi connectivity index (χ3n) is 7.49. The molecule has 3 fully saturated rings. The summed E-state index contributed by atoms with van der Waals surface area (Å²) >= 11 is 3.39. The number of carbonyl (C=O) groups is 2. The second kappa shape index (κ2) is 8.14. The predicted octanol–water partition coefficient (Wildman–Crippen LogP) is 4.06. The van der Waals surface area contributed by atoms with Crippen molar-refractivity contribution >= 4 is 39.1 Å². The van der Waals surface area contributed by atoms with E-state index in [1.807, 2.05) is 6.92 Å². The molecule has 3 aliphatic rings. The maximum atomic E-state index is 13.6. The van der Waals surface area contributed by atoms with Crippen molar-refractivity contribution in [3.63, 3.8) is 0 Å². The summed E-state index contributed by atoms with van der Waals surface area (Å²) in [5, 5.41) is 33.3. The van der Waals surface area contributed by atoms with Crippen LogP contribution in [0.15, 0.2) is 46.9 Å². The van der Waals surface area contributed by atoms with Crippen molar-refractivity contribution in [3.05, 3.63) is 62.6 Å². The van der Waals surface area contributed by atoms with Crippen LogP contribution >= 0.6 is 15.9 Å². The van der Waals surface area contributed by atoms with Crippen LogP contribution in [0.2, 0.25) is 0 Å². The number of anilines is 1. The molecule has 2 heterocycles. The van der Waals surface area contributed by atoms with Crippen molar-refractivity contribution in [2.45, 2.75) is 38.1 Å². The molecule has 0 spiro atoms. The van der Waals surface area contributed by atoms with Crippen LogP contribution in [0.25, 0.3) is 0 Å². The molecule has 1 aliphatic carbocycles. The Morgan fingerprint density at radius 3 is 2.68 bits per heavy atom. The van der Waals surface area contributed by atoms with Crippen LogP contribution in [0, 0.1) is 33.8 Å². The fourth-order valence-corrected chi connectivity index (χ4v) is 6.30. The number of fused-ring (bicyclic) bond motifs is 3. The van der Waals surface area contributed by atoms with Gasteiger partial charge in [-0.15, -0.1) is 0 Å². The molecular weight excluding hydrogens is 508 g/mol. The summed E-state index contributed by atoms with van der Waals surface area (Å²) in [6.45, 7) is 1.90. The number of aliphatic hydroxyl groups is 1. The highest BCUT2D eigenvalue weighted by molar-refractivity contribution is 9.10. The zero-order valence-electron chi connectivity index (χ0n) is 18.3. The Bertz CT molecular complexity index is 1200. The Hall–Kier alpha value is -2.82. The molecule has 9 nitrogen and oxygen atoms in total. The number of imide groups is 1. The maximum Gasteiger partial charge on any atom is 0.271 e. The molecule has 6 atom stereocenters. The smallest absolute Gasteiger partial charge is 0.271 e. The van der Waals surface area contributed by atoms with E-state index in [4.69, 9.17) is 4.74 Å². The molecule has 10 heteroatoms. The van der Waals surface area contributed by atoms with Gasteiger partial charge in [0.1, 0.15) is 5.75 Å². The first kappa shape index (κ1) is 22.9. The Labute approximate surface area is 203 Å². The molecule has 0 radical (unpaired) electrons. The van der Waals surface area contributed by atoms with Gasteiger partial charge in [0.05, 0.1) is 28.6 Å². The van der Waals surface area contributed by atoms with E-state index in [0.29, 0.717) is 12.0 Å². The molecule has 2 aromatic rings. The van der Waals surface area contributed by atoms with Gasteiger partial charge in [-0.3, -0.25) is 19.7 Å². The molecular formula is C24H23BrN2O7. The summed E-state index contributed by atoms with van der Waals surface area (Å²) < 4.78 is 6.90. The van der Waals surface area contributed by atoms with Crippen LogP contribution in [0.3, 0.4) is 0 Å². The molecule has 2 N–H and O–H groups in total. The quantitative estimate of drug-likeness (QED) is 0.346. The third kappa shape index (κ3) is 3.35. The number of nitrogens with zero attached hydrogens (tertiary/aromatic N) is 2. The van der Waals surface area contributed by atoms with Gasteiger partial charge >= 0.3 is 0 Å². The lowest BCUT2D eigenvalue weighted by atomic mass is 9.64. The maximum absolute atomic E-state index is 13.6. The fraction of sp³-hybridized carbons (Fsp3) is 0.417. The van der Waals surface area contributed by atoms with Crippen molar-refractivity contribution in [1.29, 1.82) is 0 Å². The van der Waals surface area contributed by atoms with E-state index >= 15 is 0 Å². The number of carbonyl (C=O) groups excluding carboxylic acids is 2. The van der Waals surface area contributed by atoms with E-state index in [2.05, 4.69) is 15.9 Å². The van der Waals surface area contributed by atoms with E-state index in [-0.39, 0.29) is 35.9 Å². The second-order valence-electron chi connectivity index (χ2n) is 9.17. The molecule has 2 aromatic carbocycles. The van der Waals surface area contributed by atoms with Gasteiger partial charge in [0.25, 0.3) is 5.69 Å². The normalized spacial score (nSPS) is 32.6. The minimum Gasteiger partial charge on any atom is -0.508 e. The molecule has 5 rings (SSSR count). The van der Waals surface area contributed by atoms with Crippen molar-refractivity contribution in [3.8, 4) is 5.75 Å². The molecule has 2 amide bonds. The number of aromatic hydroxyl groups is 1. The minimum atomic E-state index is -1.63. The summed E-state index contributed by atoms with van der Waals surface area (Å²) in [5.41, 5.74) is 0.427. The topological polar surface area (TPSA) is 130 Å². The number of hydrogen-bond acceptors (Lipinski definition) is 7. The largest absolute Gasteiger partial charge is 0.508 e. The molecule has 0 bridgehead atoms. The van der Waals surface area contributed by atoms with Crippen molar-refractivity contribution in [2.75, 3.05) is 4.90 Å². The Morgan fingerprint density at radius 2 is 1.97 bits per heavy atom. The van der Waals surface area contributed by atoms with Crippen LogP contribution < -0.4 is 4.90 Å². The van der Waals surface area contributed by atoms with Crippen LogP contribution in [-0.2, 0) is 14.3 Å². The van der Waals surface area contributed by atoms with Crippen LogP contribution in [-0.4, -0.2) is 32.7 Å². The molecule has 2 aliphatic heterocycles. The molecule has 0 unspecified atom stereocenters. The number of amides is 2. The van der Waals surface area contributed by atoms with E-state index in [0.717, 1.165) is 9.37 Å². The molecule has 34 heavy (non-hydrogen) atoms. The van der Waals surface area contributed by atoms with Gasteiger partial charge in [0.2, 0.25) is 11.8 Å². The SMILES string of the molecule is CC[C@H]1C[C@@H]2C(=O)N(c3cccc([N+](=O)[O-])c3)C(=O)[C@@H]2[C@@H]2C[C@@H](c3cc(Br)ccc3O)O[C@]12O. The van der Waals surface area contributed by atoms with Crippen molar-refractivity contribution in [1.82, 2.24) is 0 Å². The number of hydrogen-bond donors (Lipinski definition) is 2.